The molecule has 1 aromatic carbocycles. The molecule has 0 radical (unpaired) electrons. The number of likely N-dealkylation sites (tertiary alicyclic amines) is 1. The number of carbonyl (C=O) groups excluding carboxylic acids is 1. The molecule has 1 aliphatic heterocycles. The second-order valence-corrected chi connectivity index (χ2v) is 10.4. The summed E-state index contributed by atoms with van der Waals surface area (Å²) in [5.74, 6) is -0.123. The molecule has 6 nitrogen and oxygen atoms in total. The number of piperidine rings is 1. The van der Waals surface area contributed by atoms with Gasteiger partial charge in [0, 0.05) is 19.6 Å². The molecule has 0 saturated carbocycles. The van der Waals surface area contributed by atoms with E-state index in [1.54, 1.807) is 23.1 Å². The molecule has 2 rings (SSSR count). The van der Waals surface area contributed by atoms with Crippen molar-refractivity contribution in [1.82, 2.24) is 9.62 Å². The summed E-state index contributed by atoms with van der Waals surface area (Å²) < 4.78 is 32.7. The standard InChI is InChI=1S/C18H26Cl2N2O4S/c1-18(2,3)26-17(23)22-8-4-5-14(11-22)10-21-27(24,25)12-13-6-7-15(19)16(20)9-13/h6-7,9,14,21H,4-5,8,10-12H2,1-3H3/t14-/m0/s1. The molecule has 1 aliphatic rings. The molecule has 1 aromatic rings. The first-order valence-electron chi connectivity index (χ1n) is 8.84. The minimum atomic E-state index is -3.52. The number of halogens is 2. The van der Waals surface area contributed by atoms with E-state index in [1.165, 1.54) is 0 Å². The van der Waals surface area contributed by atoms with Gasteiger partial charge in [0.05, 0.1) is 15.8 Å². The van der Waals surface area contributed by atoms with E-state index in [1.807, 2.05) is 20.8 Å². The molecular formula is C18H26Cl2N2O4S. The Bertz CT molecular complexity index is 778. The zero-order valence-corrected chi connectivity index (χ0v) is 18.1. The van der Waals surface area contributed by atoms with Crippen LogP contribution in [-0.4, -0.2) is 44.6 Å². The van der Waals surface area contributed by atoms with Crippen LogP contribution in [0.5, 0.6) is 0 Å². The second-order valence-electron chi connectivity index (χ2n) is 7.79. The maximum atomic E-state index is 12.3. The van der Waals surface area contributed by atoms with E-state index in [-0.39, 0.29) is 24.3 Å². The SMILES string of the molecule is CC(C)(C)OC(=O)N1CCC[C@@H](CNS(=O)(=O)Cc2ccc(Cl)c(Cl)c2)C1. The topological polar surface area (TPSA) is 75.7 Å². The minimum absolute atomic E-state index is 0.0508. The van der Waals surface area contributed by atoms with Gasteiger partial charge in [-0.1, -0.05) is 29.3 Å². The summed E-state index contributed by atoms with van der Waals surface area (Å²) in [5.41, 5.74) is 0.0155. The van der Waals surface area contributed by atoms with Crippen molar-refractivity contribution < 1.29 is 17.9 Å². The van der Waals surface area contributed by atoms with Gasteiger partial charge in [0.25, 0.3) is 0 Å². The molecule has 0 spiro atoms. The molecule has 27 heavy (non-hydrogen) atoms. The second kappa shape index (κ2) is 8.99. The van der Waals surface area contributed by atoms with Gasteiger partial charge in [-0.25, -0.2) is 17.9 Å². The van der Waals surface area contributed by atoms with Gasteiger partial charge in [0.1, 0.15) is 5.60 Å². The zero-order chi connectivity index (χ0) is 20.2. The molecule has 0 bridgehead atoms. The number of nitrogens with one attached hydrogen (secondary N) is 1. The molecular weight excluding hydrogens is 411 g/mol. The van der Waals surface area contributed by atoms with Gasteiger partial charge in [-0.05, 0) is 57.2 Å². The summed E-state index contributed by atoms with van der Waals surface area (Å²) in [6.07, 6.45) is 1.32. The maximum Gasteiger partial charge on any atom is 0.410 e. The lowest BCUT2D eigenvalue weighted by atomic mass is 9.99. The van der Waals surface area contributed by atoms with E-state index < -0.39 is 15.6 Å². The van der Waals surface area contributed by atoms with Crippen LogP contribution < -0.4 is 4.72 Å². The number of hydrogen-bond donors (Lipinski definition) is 1. The lowest BCUT2D eigenvalue weighted by Gasteiger charge is -2.34. The molecule has 0 unspecified atom stereocenters. The smallest absolute Gasteiger partial charge is 0.410 e. The summed E-state index contributed by atoms with van der Waals surface area (Å²) in [5, 5.41) is 0.708. The van der Waals surface area contributed by atoms with E-state index in [0.717, 1.165) is 12.8 Å². The van der Waals surface area contributed by atoms with Crippen LogP contribution in [0.25, 0.3) is 0 Å². The Morgan fingerprint density at radius 2 is 2.00 bits per heavy atom. The fourth-order valence-electron chi connectivity index (χ4n) is 2.87. The molecule has 1 saturated heterocycles. The molecule has 0 aliphatic carbocycles. The summed E-state index contributed by atoms with van der Waals surface area (Å²) >= 11 is 11.8. The maximum absolute atomic E-state index is 12.3. The monoisotopic (exact) mass is 436 g/mol. The first-order chi connectivity index (χ1) is 12.5. The van der Waals surface area contributed by atoms with Crippen molar-refractivity contribution in [2.24, 2.45) is 5.92 Å². The third-order valence-electron chi connectivity index (χ3n) is 4.10. The van der Waals surface area contributed by atoms with Crippen LogP contribution in [0.15, 0.2) is 18.2 Å². The number of nitrogens with zero attached hydrogens (tertiary/aromatic N) is 1. The van der Waals surface area contributed by atoms with Gasteiger partial charge >= 0.3 is 6.09 Å². The summed E-state index contributed by atoms with van der Waals surface area (Å²) in [6, 6.07) is 4.76. The highest BCUT2D eigenvalue weighted by Crippen LogP contribution is 2.24. The predicted octanol–water partition coefficient (Wildman–Crippen LogP) is 4.06. The third-order valence-corrected chi connectivity index (χ3v) is 6.16. The number of ether oxygens (including phenoxy) is 1. The Morgan fingerprint density at radius 1 is 1.30 bits per heavy atom. The van der Waals surface area contributed by atoms with Crippen molar-refractivity contribution in [3.63, 3.8) is 0 Å². The first-order valence-corrected chi connectivity index (χ1v) is 11.3. The van der Waals surface area contributed by atoms with Crippen molar-refractivity contribution in [3.05, 3.63) is 33.8 Å². The number of benzene rings is 1. The Labute approximate surface area is 171 Å². The zero-order valence-electron chi connectivity index (χ0n) is 15.8. The van der Waals surface area contributed by atoms with E-state index in [0.29, 0.717) is 28.7 Å². The molecule has 1 fully saturated rings. The third kappa shape index (κ3) is 7.49. The van der Waals surface area contributed by atoms with Crippen LogP contribution in [-0.2, 0) is 20.5 Å². The normalized spacial score (nSPS) is 18.4. The molecule has 1 amide bonds. The molecule has 0 aromatic heterocycles. The first kappa shape index (κ1) is 22.3. The fourth-order valence-corrected chi connectivity index (χ4v) is 4.40. The number of amides is 1. The number of carbonyl (C=O) groups is 1. The molecule has 1 heterocycles. The van der Waals surface area contributed by atoms with E-state index in [9.17, 15) is 13.2 Å². The van der Waals surface area contributed by atoms with Crippen molar-refractivity contribution >= 4 is 39.3 Å². The molecule has 9 heteroatoms. The predicted molar refractivity (Wildman–Crippen MR) is 108 cm³/mol. The Hall–Kier alpha value is -1.02. The number of sulfonamides is 1. The van der Waals surface area contributed by atoms with Crippen molar-refractivity contribution in [2.75, 3.05) is 19.6 Å². The minimum Gasteiger partial charge on any atom is -0.444 e. The highest BCUT2D eigenvalue weighted by atomic mass is 35.5. The van der Waals surface area contributed by atoms with Gasteiger partial charge in [0.2, 0.25) is 10.0 Å². The lowest BCUT2D eigenvalue weighted by Crippen LogP contribution is -2.45. The van der Waals surface area contributed by atoms with Crippen LogP contribution in [0.2, 0.25) is 10.0 Å². The Morgan fingerprint density at radius 3 is 2.63 bits per heavy atom. The van der Waals surface area contributed by atoms with E-state index in [2.05, 4.69) is 4.72 Å². The lowest BCUT2D eigenvalue weighted by molar-refractivity contribution is 0.0169. The van der Waals surface area contributed by atoms with Crippen LogP contribution in [0.3, 0.4) is 0 Å². The largest absolute Gasteiger partial charge is 0.444 e. The highest BCUT2D eigenvalue weighted by Gasteiger charge is 2.28. The highest BCUT2D eigenvalue weighted by molar-refractivity contribution is 7.88. The van der Waals surface area contributed by atoms with Gasteiger partial charge in [-0.15, -0.1) is 0 Å². The number of hydrogen-bond acceptors (Lipinski definition) is 4. The average Bonchev–Trinajstić information content (AvgIpc) is 2.55. The van der Waals surface area contributed by atoms with Crippen LogP contribution in [0, 0.1) is 5.92 Å². The fraction of sp³-hybridized carbons (Fsp3) is 0.611. The quantitative estimate of drug-likeness (QED) is 0.754. The summed E-state index contributed by atoms with van der Waals surface area (Å²) in [6.45, 7) is 6.85. The van der Waals surface area contributed by atoms with Gasteiger partial charge in [-0.3, -0.25) is 0 Å². The van der Waals surface area contributed by atoms with Crippen LogP contribution >= 0.6 is 23.2 Å². The average molecular weight is 437 g/mol. The van der Waals surface area contributed by atoms with Crippen molar-refractivity contribution in [1.29, 1.82) is 0 Å². The van der Waals surface area contributed by atoms with Gasteiger partial charge in [0.15, 0.2) is 0 Å². The number of rotatable bonds is 5. The molecule has 1 N–H and O–H groups in total. The van der Waals surface area contributed by atoms with Gasteiger partial charge in [-0.2, -0.15) is 0 Å². The summed E-state index contributed by atoms with van der Waals surface area (Å²) in [7, 11) is -3.52. The molecule has 1 atom stereocenters. The summed E-state index contributed by atoms with van der Waals surface area (Å²) in [4.78, 5) is 13.8. The Balaban J connectivity index is 1.88. The van der Waals surface area contributed by atoms with Crippen molar-refractivity contribution in [2.45, 2.75) is 45.0 Å². The van der Waals surface area contributed by atoms with Crippen molar-refractivity contribution in [3.8, 4) is 0 Å². The van der Waals surface area contributed by atoms with E-state index >= 15 is 0 Å². The van der Waals surface area contributed by atoms with Crippen LogP contribution in [0.1, 0.15) is 39.2 Å². The van der Waals surface area contributed by atoms with Crippen LogP contribution in [0.4, 0.5) is 4.79 Å². The van der Waals surface area contributed by atoms with E-state index in [4.69, 9.17) is 27.9 Å². The Kier molecular flexibility index (Phi) is 7.41. The van der Waals surface area contributed by atoms with Gasteiger partial charge < -0.3 is 9.64 Å². The molecule has 152 valence electrons.